The zero-order valence-electron chi connectivity index (χ0n) is 7.13. The standard InChI is InChI=1S/C11H9NO/c13-10-4-2-7-1-3-9-8(11(7)10)5-6-12-9/h1,3,5-6,12H,2,4H2. The summed E-state index contributed by atoms with van der Waals surface area (Å²) in [5, 5.41) is 1.08. The number of nitrogens with one attached hydrogen (secondary N) is 1. The number of aryl methyl sites for hydroxylation is 1. The molecule has 3 rings (SSSR count). The van der Waals surface area contributed by atoms with Crippen LogP contribution in [0.4, 0.5) is 0 Å². The molecule has 64 valence electrons. The molecule has 1 aliphatic carbocycles. The lowest BCUT2D eigenvalue weighted by Crippen LogP contribution is -1.91. The molecule has 2 aromatic rings. The van der Waals surface area contributed by atoms with E-state index in [1.807, 2.05) is 18.3 Å². The van der Waals surface area contributed by atoms with Gasteiger partial charge in [0.15, 0.2) is 5.78 Å². The number of benzene rings is 1. The number of fused-ring (bicyclic) bond motifs is 3. The fourth-order valence-corrected chi connectivity index (χ4v) is 2.09. The number of hydrogen-bond acceptors (Lipinski definition) is 1. The van der Waals surface area contributed by atoms with Crippen LogP contribution in [0, 0.1) is 0 Å². The normalized spacial score (nSPS) is 15.2. The number of rotatable bonds is 0. The molecule has 0 atom stereocenters. The van der Waals surface area contributed by atoms with E-state index in [4.69, 9.17) is 0 Å². The summed E-state index contributed by atoms with van der Waals surface area (Å²) in [6.45, 7) is 0. The third-order valence-corrected chi connectivity index (χ3v) is 2.72. The summed E-state index contributed by atoms with van der Waals surface area (Å²) >= 11 is 0. The van der Waals surface area contributed by atoms with Crippen molar-refractivity contribution < 1.29 is 4.79 Å². The Balaban J connectivity index is 2.49. The van der Waals surface area contributed by atoms with Gasteiger partial charge in [0.25, 0.3) is 0 Å². The minimum absolute atomic E-state index is 0.292. The van der Waals surface area contributed by atoms with Gasteiger partial charge in [-0.15, -0.1) is 0 Å². The first-order chi connectivity index (χ1) is 6.36. The van der Waals surface area contributed by atoms with Crippen molar-refractivity contribution in [2.45, 2.75) is 12.8 Å². The lowest BCUT2D eigenvalue weighted by Gasteiger charge is -1.98. The maximum atomic E-state index is 11.6. The van der Waals surface area contributed by atoms with Gasteiger partial charge < -0.3 is 4.98 Å². The Kier molecular flexibility index (Phi) is 1.18. The molecular weight excluding hydrogens is 162 g/mol. The van der Waals surface area contributed by atoms with Gasteiger partial charge >= 0.3 is 0 Å². The smallest absolute Gasteiger partial charge is 0.164 e. The molecule has 0 spiro atoms. The minimum Gasteiger partial charge on any atom is -0.361 e. The molecular formula is C11H9NO. The SMILES string of the molecule is O=C1CCc2ccc3[nH]ccc3c21. The van der Waals surface area contributed by atoms with Crippen LogP contribution < -0.4 is 0 Å². The molecule has 0 saturated heterocycles. The summed E-state index contributed by atoms with van der Waals surface area (Å²) in [5.41, 5.74) is 3.21. The molecule has 0 saturated carbocycles. The predicted octanol–water partition coefficient (Wildman–Crippen LogP) is 2.30. The van der Waals surface area contributed by atoms with Gasteiger partial charge in [0.1, 0.15) is 0 Å². The van der Waals surface area contributed by atoms with Crippen molar-refractivity contribution in [1.82, 2.24) is 4.98 Å². The molecule has 2 heteroatoms. The zero-order chi connectivity index (χ0) is 8.84. The fourth-order valence-electron chi connectivity index (χ4n) is 2.09. The van der Waals surface area contributed by atoms with E-state index in [9.17, 15) is 4.79 Å². The average molecular weight is 171 g/mol. The largest absolute Gasteiger partial charge is 0.361 e. The summed E-state index contributed by atoms with van der Waals surface area (Å²) < 4.78 is 0. The van der Waals surface area contributed by atoms with Crippen molar-refractivity contribution in [3.05, 3.63) is 35.5 Å². The van der Waals surface area contributed by atoms with Crippen molar-refractivity contribution in [1.29, 1.82) is 0 Å². The number of aromatic amines is 1. The highest BCUT2D eigenvalue weighted by Crippen LogP contribution is 2.28. The van der Waals surface area contributed by atoms with E-state index in [2.05, 4.69) is 11.1 Å². The van der Waals surface area contributed by atoms with Crippen molar-refractivity contribution in [2.75, 3.05) is 0 Å². The highest BCUT2D eigenvalue weighted by atomic mass is 16.1. The first-order valence-corrected chi connectivity index (χ1v) is 4.48. The predicted molar refractivity (Wildman–Crippen MR) is 51.0 cm³/mol. The number of hydrogen-bond donors (Lipinski definition) is 1. The van der Waals surface area contributed by atoms with E-state index in [0.717, 1.165) is 22.9 Å². The molecule has 1 heterocycles. The summed E-state index contributed by atoms with van der Waals surface area (Å²) in [6, 6.07) is 6.09. The molecule has 0 radical (unpaired) electrons. The van der Waals surface area contributed by atoms with Gasteiger partial charge in [-0.3, -0.25) is 4.79 Å². The summed E-state index contributed by atoms with van der Waals surface area (Å²) in [6.07, 6.45) is 3.48. The molecule has 1 aliphatic rings. The topological polar surface area (TPSA) is 32.9 Å². The summed E-state index contributed by atoms with van der Waals surface area (Å²) in [4.78, 5) is 14.7. The van der Waals surface area contributed by atoms with Gasteiger partial charge in [-0.25, -0.2) is 0 Å². The first kappa shape index (κ1) is 6.89. The molecule has 1 N–H and O–H groups in total. The van der Waals surface area contributed by atoms with Crippen LogP contribution in [0.25, 0.3) is 10.9 Å². The van der Waals surface area contributed by atoms with E-state index in [-0.39, 0.29) is 0 Å². The second kappa shape index (κ2) is 2.22. The van der Waals surface area contributed by atoms with Gasteiger partial charge in [0.05, 0.1) is 0 Å². The molecule has 13 heavy (non-hydrogen) atoms. The number of aromatic nitrogens is 1. The first-order valence-electron chi connectivity index (χ1n) is 4.48. The van der Waals surface area contributed by atoms with Gasteiger partial charge in [-0.05, 0) is 24.1 Å². The maximum Gasteiger partial charge on any atom is 0.164 e. The Hall–Kier alpha value is -1.57. The van der Waals surface area contributed by atoms with Crippen molar-refractivity contribution in [3.8, 4) is 0 Å². The molecule has 0 amide bonds. The molecule has 2 nitrogen and oxygen atoms in total. The van der Waals surface area contributed by atoms with Crippen LogP contribution in [0.3, 0.4) is 0 Å². The van der Waals surface area contributed by atoms with E-state index < -0.39 is 0 Å². The lowest BCUT2D eigenvalue weighted by molar-refractivity contribution is 0.0996. The second-order valence-corrected chi connectivity index (χ2v) is 3.46. The van der Waals surface area contributed by atoms with E-state index in [0.29, 0.717) is 12.2 Å². The van der Waals surface area contributed by atoms with E-state index >= 15 is 0 Å². The van der Waals surface area contributed by atoms with Crippen LogP contribution in [-0.4, -0.2) is 10.8 Å². The highest BCUT2D eigenvalue weighted by Gasteiger charge is 2.21. The molecule has 0 aliphatic heterocycles. The van der Waals surface area contributed by atoms with Crippen LogP contribution in [0.2, 0.25) is 0 Å². The number of Topliss-reactive ketones (excluding diaryl/α,β-unsaturated/α-hetero) is 1. The second-order valence-electron chi connectivity index (χ2n) is 3.46. The quantitative estimate of drug-likeness (QED) is 0.648. The highest BCUT2D eigenvalue weighted by molar-refractivity contribution is 6.10. The van der Waals surface area contributed by atoms with Crippen LogP contribution in [0.1, 0.15) is 22.3 Å². The number of H-pyrrole nitrogens is 1. The average Bonchev–Trinajstić information content (AvgIpc) is 2.70. The molecule has 1 aromatic heterocycles. The third kappa shape index (κ3) is 0.800. The van der Waals surface area contributed by atoms with Gasteiger partial charge in [0, 0.05) is 29.1 Å². The Morgan fingerprint density at radius 1 is 1.15 bits per heavy atom. The molecule has 0 unspecified atom stereocenters. The van der Waals surface area contributed by atoms with Crippen LogP contribution in [0.5, 0.6) is 0 Å². The van der Waals surface area contributed by atoms with Crippen LogP contribution >= 0.6 is 0 Å². The number of carbonyl (C=O) groups excluding carboxylic acids is 1. The Morgan fingerprint density at radius 3 is 3.00 bits per heavy atom. The van der Waals surface area contributed by atoms with E-state index in [1.54, 1.807) is 0 Å². The monoisotopic (exact) mass is 171 g/mol. The summed E-state index contributed by atoms with van der Waals surface area (Å²) in [5.74, 6) is 0.292. The number of ketones is 1. The fraction of sp³-hybridized carbons (Fsp3) is 0.182. The van der Waals surface area contributed by atoms with Gasteiger partial charge in [0.2, 0.25) is 0 Å². The van der Waals surface area contributed by atoms with Crippen LogP contribution in [-0.2, 0) is 6.42 Å². The number of carbonyl (C=O) groups is 1. The van der Waals surface area contributed by atoms with E-state index in [1.165, 1.54) is 5.56 Å². The van der Waals surface area contributed by atoms with Crippen molar-refractivity contribution in [3.63, 3.8) is 0 Å². The van der Waals surface area contributed by atoms with Gasteiger partial charge in [-0.2, -0.15) is 0 Å². The van der Waals surface area contributed by atoms with Crippen molar-refractivity contribution >= 4 is 16.7 Å². The molecule has 0 bridgehead atoms. The Labute approximate surface area is 75.6 Å². The van der Waals surface area contributed by atoms with Crippen molar-refractivity contribution in [2.24, 2.45) is 0 Å². The molecule has 1 aromatic carbocycles. The summed E-state index contributed by atoms with van der Waals surface area (Å²) in [7, 11) is 0. The minimum atomic E-state index is 0.292. The maximum absolute atomic E-state index is 11.6. The van der Waals surface area contributed by atoms with Gasteiger partial charge in [-0.1, -0.05) is 6.07 Å². The zero-order valence-corrected chi connectivity index (χ0v) is 7.13. The Bertz CT molecular complexity index is 496. The van der Waals surface area contributed by atoms with Crippen LogP contribution in [0.15, 0.2) is 24.4 Å². The third-order valence-electron chi connectivity index (χ3n) is 2.72. The molecule has 0 fully saturated rings. The lowest BCUT2D eigenvalue weighted by atomic mass is 10.1. The Morgan fingerprint density at radius 2 is 2.08 bits per heavy atom.